The lowest BCUT2D eigenvalue weighted by molar-refractivity contribution is -0.125. The third-order valence-electron chi connectivity index (χ3n) is 2.38. The molecule has 0 radical (unpaired) electrons. The Morgan fingerprint density at radius 1 is 1.53 bits per heavy atom. The van der Waals surface area contributed by atoms with Gasteiger partial charge in [0.1, 0.15) is 5.82 Å². The minimum absolute atomic E-state index is 0.0280. The number of amides is 1. The van der Waals surface area contributed by atoms with Crippen LogP contribution >= 0.6 is 11.6 Å². The van der Waals surface area contributed by atoms with Gasteiger partial charge >= 0.3 is 0 Å². The Balaban J connectivity index is 2.94. The molecular formula is C12H15ClFNO2. The smallest absolute Gasteiger partial charge is 0.223 e. The molecule has 1 amide bonds. The minimum Gasteiger partial charge on any atom is -0.394 e. The van der Waals surface area contributed by atoms with E-state index in [4.69, 9.17) is 11.6 Å². The lowest BCUT2D eigenvalue weighted by atomic mass is 10.1. The molecule has 3 nitrogen and oxygen atoms in total. The van der Waals surface area contributed by atoms with Crippen LogP contribution in [0.4, 0.5) is 4.39 Å². The first kappa shape index (κ1) is 13.9. The first-order valence-corrected chi connectivity index (χ1v) is 5.70. The third kappa shape index (κ3) is 3.41. The molecule has 0 aliphatic carbocycles. The Morgan fingerprint density at radius 2 is 2.18 bits per heavy atom. The van der Waals surface area contributed by atoms with Crippen LogP contribution in [0, 0.1) is 11.7 Å². The van der Waals surface area contributed by atoms with Crippen LogP contribution in [0.25, 0.3) is 0 Å². The molecule has 1 rings (SSSR count). The fraction of sp³-hybridized carbons (Fsp3) is 0.417. The maximum Gasteiger partial charge on any atom is 0.223 e. The molecule has 0 aliphatic rings. The average molecular weight is 260 g/mol. The molecule has 94 valence electrons. The Labute approximate surface area is 105 Å². The van der Waals surface area contributed by atoms with Gasteiger partial charge in [-0.05, 0) is 6.07 Å². The molecule has 0 aliphatic heterocycles. The quantitative estimate of drug-likeness (QED) is 0.872. The van der Waals surface area contributed by atoms with Gasteiger partial charge in [-0.1, -0.05) is 37.6 Å². The summed E-state index contributed by atoms with van der Waals surface area (Å²) in [6.07, 6.45) is 0. The highest BCUT2D eigenvalue weighted by molar-refractivity contribution is 6.30. The van der Waals surface area contributed by atoms with E-state index in [1.165, 1.54) is 12.1 Å². The van der Waals surface area contributed by atoms with Crippen molar-refractivity contribution in [3.8, 4) is 0 Å². The van der Waals surface area contributed by atoms with E-state index in [9.17, 15) is 14.3 Å². The van der Waals surface area contributed by atoms with E-state index >= 15 is 0 Å². The zero-order valence-electron chi connectivity index (χ0n) is 9.71. The molecule has 0 bridgehead atoms. The van der Waals surface area contributed by atoms with E-state index in [1.54, 1.807) is 19.9 Å². The van der Waals surface area contributed by atoms with Gasteiger partial charge < -0.3 is 10.4 Å². The molecule has 17 heavy (non-hydrogen) atoms. The van der Waals surface area contributed by atoms with Crippen LogP contribution in [-0.4, -0.2) is 17.6 Å². The van der Waals surface area contributed by atoms with Crippen molar-refractivity contribution in [3.05, 3.63) is 34.6 Å². The predicted molar refractivity (Wildman–Crippen MR) is 64.2 cm³/mol. The van der Waals surface area contributed by atoms with Crippen LogP contribution in [0.1, 0.15) is 25.5 Å². The van der Waals surface area contributed by atoms with Gasteiger partial charge in [-0.2, -0.15) is 0 Å². The van der Waals surface area contributed by atoms with Gasteiger partial charge in [0.2, 0.25) is 5.91 Å². The largest absolute Gasteiger partial charge is 0.394 e. The molecule has 0 fully saturated rings. The molecule has 0 heterocycles. The second kappa shape index (κ2) is 5.98. The average Bonchev–Trinajstić information content (AvgIpc) is 2.29. The summed E-state index contributed by atoms with van der Waals surface area (Å²) < 4.78 is 13.7. The van der Waals surface area contributed by atoms with Crippen LogP contribution in [0.15, 0.2) is 18.2 Å². The van der Waals surface area contributed by atoms with Crippen molar-refractivity contribution in [1.82, 2.24) is 5.32 Å². The molecule has 0 aromatic heterocycles. The van der Waals surface area contributed by atoms with Crippen LogP contribution in [0.2, 0.25) is 5.02 Å². The number of carbonyl (C=O) groups excluding carboxylic acids is 1. The molecule has 1 unspecified atom stereocenters. The molecule has 1 aromatic rings. The summed E-state index contributed by atoms with van der Waals surface area (Å²) in [6, 6.07) is 3.70. The van der Waals surface area contributed by atoms with E-state index in [0.717, 1.165) is 0 Å². The molecule has 0 spiro atoms. The van der Waals surface area contributed by atoms with Gasteiger partial charge in [-0.3, -0.25) is 4.79 Å². The first-order chi connectivity index (χ1) is 7.97. The summed E-state index contributed by atoms with van der Waals surface area (Å²) in [5.74, 6) is -1.09. The van der Waals surface area contributed by atoms with Gasteiger partial charge in [0, 0.05) is 11.5 Å². The summed E-state index contributed by atoms with van der Waals surface area (Å²) in [7, 11) is 0. The highest BCUT2D eigenvalue weighted by Crippen LogP contribution is 2.23. The number of hydrogen-bond donors (Lipinski definition) is 2. The van der Waals surface area contributed by atoms with Crippen LogP contribution in [0.3, 0.4) is 0 Å². The second-order valence-corrected chi connectivity index (χ2v) is 4.45. The number of rotatable bonds is 4. The van der Waals surface area contributed by atoms with Gasteiger partial charge in [-0.15, -0.1) is 0 Å². The van der Waals surface area contributed by atoms with Crippen LogP contribution in [0.5, 0.6) is 0 Å². The summed E-state index contributed by atoms with van der Waals surface area (Å²) in [6.45, 7) is 3.06. The topological polar surface area (TPSA) is 49.3 Å². The zero-order chi connectivity index (χ0) is 13.0. The molecular weight excluding hydrogens is 245 g/mol. The van der Waals surface area contributed by atoms with Gasteiger partial charge in [0.15, 0.2) is 0 Å². The fourth-order valence-corrected chi connectivity index (χ4v) is 1.53. The molecule has 1 aromatic carbocycles. The number of carbonyl (C=O) groups is 1. The number of halogens is 2. The monoisotopic (exact) mass is 259 g/mol. The second-order valence-electron chi connectivity index (χ2n) is 4.04. The van der Waals surface area contributed by atoms with E-state index < -0.39 is 11.9 Å². The fourth-order valence-electron chi connectivity index (χ4n) is 1.35. The standard InChI is InChI=1S/C12H15ClFNO2/c1-7(2)12(17)15-10(6-16)8-4-3-5-9(13)11(8)14/h3-5,7,10,16H,6H2,1-2H3,(H,15,17). The van der Waals surface area contributed by atoms with Crippen molar-refractivity contribution in [2.45, 2.75) is 19.9 Å². The lowest BCUT2D eigenvalue weighted by Crippen LogP contribution is -2.34. The predicted octanol–water partition coefficient (Wildman–Crippen LogP) is 2.28. The van der Waals surface area contributed by atoms with Gasteiger partial charge in [0.25, 0.3) is 0 Å². The SMILES string of the molecule is CC(C)C(=O)NC(CO)c1cccc(Cl)c1F. The van der Waals surface area contributed by atoms with E-state index in [1.807, 2.05) is 0 Å². The summed E-state index contributed by atoms with van der Waals surface area (Å²) in [5, 5.41) is 11.7. The number of benzene rings is 1. The van der Waals surface area contributed by atoms with E-state index in [-0.39, 0.29) is 29.0 Å². The molecule has 5 heteroatoms. The van der Waals surface area contributed by atoms with Crippen molar-refractivity contribution in [2.75, 3.05) is 6.61 Å². The Kier molecular flexibility index (Phi) is 4.90. The minimum atomic E-state index is -0.774. The molecule has 2 N–H and O–H groups in total. The van der Waals surface area contributed by atoms with Crippen LogP contribution in [-0.2, 0) is 4.79 Å². The van der Waals surface area contributed by atoms with Crippen molar-refractivity contribution in [2.24, 2.45) is 5.92 Å². The highest BCUT2D eigenvalue weighted by Gasteiger charge is 2.19. The number of aliphatic hydroxyl groups is 1. The summed E-state index contributed by atoms with van der Waals surface area (Å²) >= 11 is 5.64. The normalized spacial score (nSPS) is 12.6. The highest BCUT2D eigenvalue weighted by atomic mass is 35.5. The maximum atomic E-state index is 13.7. The van der Waals surface area contributed by atoms with Crippen molar-refractivity contribution < 1.29 is 14.3 Å². The number of nitrogens with one attached hydrogen (secondary N) is 1. The first-order valence-electron chi connectivity index (χ1n) is 5.32. The maximum absolute atomic E-state index is 13.7. The van der Waals surface area contributed by atoms with E-state index in [0.29, 0.717) is 0 Å². The van der Waals surface area contributed by atoms with Gasteiger partial charge in [0.05, 0.1) is 17.7 Å². The Bertz CT molecular complexity index is 409. The van der Waals surface area contributed by atoms with Crippen molar-refractivity contribution in [3.63, 3.8) is 0 Å². The van der Waals surface area contributed by atoms with E-state index in [2.05, 4.69) is 5.32 Å². The van der Waals surface area contributed by atoms with Crippen molar-refractivity contribution >= 4 is 17.5 Å². The molecule has 1 atom stereocenters. The third-order valence-corrected chi connectivity index (χ3v) is 2.67. The number of hydrogen-bond acceptors (Lipinski definition) is 2. The van der Waals surface area contributed by atoms with Gasteiger partial charge in [-0.25, -0.2) is 4.39 Å². The Morgan fingerprint density at radius 3 is 2.71 bits per heavy atom. The zero-order valence-corrected chi connectivity index (χ0v) is 10.5. The van der Waals surface area contributed by atoms with Crippen LogP contribution < -0.4 is 5.32 Å². The lowest BCUT2D eigenvalue weighted by Gasteiger charge is -2.19. The summed E-state index contributed by atoms with van der Waals surface area (Å²) in [4.78, 5) is 11.5. The molecule has 0 saturated heterocycles. The summed E-state index contributed by atoms with van der Waals surface area (Å²) in [5.41, 5.74) is 0.189. The molecule has 0 saturated carbocycles. The number of aliphatic hydroxyl groups excluding tert-OH is 1. The Hall–Kier alpha value is -1.13. The van der Waals surface area contributed by atoms with Crippen molar-refractivity contribution in [1.29, 1.82) is 0 Å².